The number of esters is 1. The molecule has 0 aromatic carbocycles. The Kier molecular flexibility index (Phi) is 6.60. The summed E-state index contributed by atoms with van der Waals surface area (Å²) in [6, 6.07) is 0. The number of methoxy groups -OCH3 is 1. The van der Waals surface area contributed by atoms with Gasteiger partial charge in [0.1, 0.15) is 11.2 Å². The van der Waals surface area contributed by atoms with Crippen molar-refractivity contribution in [1.29, 1.82) is 0 Å². The average Bonchev–Trinajstić information content (AvgIpc) is 2.27. The summed E-state index contributed by atoms with van der Waals surface area (Å²) in [6.07, 6.45) is 4.61. The van der Waals surface area contributed by atoms with E-state index in [0.717, 1.165) is 11.1 Å². The number of carbonyl (C=O) groups is 2. The van der Waals surface area contributed by atoms with Crippen LogP contribution in [0, 0.1) is 5.41 Å². The van der Waals surface area contributed by atoms with E-state index in [-0.39, 0.29) is 5.78 Å². The van der Waals surface area contributed by atoms with E-state index in [2.05, 4.69) is 0 Å². The Hall–Kier alpha value is -1.38. The molecule has 0 aliphatic rings. The monoisotopic (exact) mass is 252 g/mol. The minimum Gasteiger partial charge on any atom is -0.468 e. The van der Waals surface area contributed by atoms with Gasteiger partial charge >= 0.3 is 5.97 Å². The highest BCUT2D eigenvalue weighted by Gasteiger charge is 2.42. The molecule has 0 fully saturated rings. The molecule has 0 saturated heterocycles. The lowest BCUT2D eigenvalue weighted by atomic mass is 9.76. The third-order valence-electron chi connectivity index (χ3n) is 2.97. The van der Waals surface area contributed by atoms with Crippen LogP contribution in [0.4, 0.5) is 0 Å². The zero-order valence-corrected chi connectivity index (χ0v) is 12.3. The predicted octanol–water partition coefficient (Wildman–Crippen LogP) is 3.45. The quantitative estimate of drug-likeness (QED) is 0.413. The van der Waals surface area contributed by atoms with Crippen molar-refractivity contribution in [1.82, 2.24) is 0 Å². The van der Waals surface area contributed by atoms with E-state index >= 15 is 0 Å². The van der Waals surface area contributed by atoms with Crippen LogP contribution < -0.4 is 0 Å². The van der Waals surface area contributed by atoms with Crippen LogP contribution in [0.5, 0.6) is 0 Å². The second-order valence-electron chi connectivity index (χ2n) is 5.10. The van der Waals surface area contributed by atoms with Crippen molar-refractivity contribution in [3.8, 4) is 0 Å². The first-order valence-corrected chi connectivity index (χ1v) is 6.12. The molecule has 0 N–H and O–H groups in total. The van der Waals surface area contributed by atoms with Gasteiger partial charge in [-0.3, -0.25) is 9.59 Å². The van der Waals surface area contributed by atoms with E-state index in [9.17, 15) is 9.59 Å². The molecule has 0 aromatic heterocycles. The average molecular weight is 252 g/mol. The molecular formula is C15H24O3. The molecule has 0 spiro atoms. The van der Waals surface area contributed by atoms with Crippen molar-refractivity contribution >= 4 is 11.8 Å². The number of allylic oxidation sites excluding steroid dienone is 4. The fourth-order valence-electron chi connectivity index (χ4n) is 1.63. The van der Waals surface area contributed by atoms with Crippen LogP contribution in [-0.4, -0.2) is 18.9 Å². The fraction of sp³-hybridized carbons (Fsp3) is 0.600. The van der Waals surface area contributed by atoms with Gasteiger partial charge in [-0.15, -0.1) is 0 Å². The van der Waals surface area contributed by atoms with Crippen LogP contribution in [0.2, 0.25) is 0 Å². The van der Waals surface area contributed by atoms with Crippen molar-refractivity contribution in [2.24, 2.45) is 5.41 Å². The molecule has 0 saturated carbocycles. The maximum absolute atomic E-state index is 12.0. The van der Waals surface area contributed by atoms with Gasteiger partial charge in [-0.25, -0.2) is 0 Å². The number of carbonyl (C=O) groups excluding carboxylic acids is 2. The van der Waals surface area contributed by atoms with Gasteiger partial charge in [0.05, 0.1) is 7.11 Å². The summed E-state index contributed by atoms with van der Waals surface area (Å²) in [5.74, 6) is -0.602. The molecule has 0 aliphatic heterocycles. The lowest BCUT2D eigenvalue weighted by Gasteiger charge is -2.26. The first-order valence-electron chi connectivity index (χ1n) is 6.12. The highest BCUT2D eigenvalue weighted by Crippen LogP contribution is 2.32. The number of rotatable bonds is 6. The van der Waals surface area contributed by atoms with Gasteiger partial charge in [0.2, 0.25) is 0 Å². The smallest absolute Gasteiger partial charge is 0.319 e. The first-order chi connectivity index (χ1) is 8.26. The van der Waals surface area contributed by atoms with Gasteiger partial charge in [0.25, 0.3) is 0 Å². The zero-order valence-electron chi connectivity index (χ0n) is 12.3. The number of ether oxygens (including phenoxy) is 1. The minimum atomic E-state index is -1.08. The number of hydrogen-bond acceptors (Lipinski definition) is 3. The lowest BCUT2D eigenvalue weighted by molar-refractivity contribution is -0.157. The number of ketones is 1. The maximum Gasteiger partial charge on any atom is 0.319 e. The van der Waals surface area contributed by atoms with E-state index in [1.54, 1.807) is 0 Å². The van der Waals surface area contributed by atoms with Crippen molar-refractivity contribution in [3.63, 3.8) is 0 Å². The Balaban J connectivity index is 5.43. The van der Waals surface area contributed by atoms with Crippen LogP contribution in [0.3, 0.4) is 0 Å². The third kappa shape index (κ3) is 4.47. The van der Waals surface area contributed by atoms with Gasteiger partial charge in [-0.1, -0.05) is 23.3 Å². The van der Waals surface area contributed by atoms with Gasteiger partial charge in [0, 0.05) is 0 Å². The van der Waals surface area contributed by atoms with Crippen molar-refractivity contribution in [2.45, 2.75) is 47.5 Å². The molecule has 0 amide bonds. The van der Waals surface area contributed by atoms with Crippen molar-refractivity contribution in [3.05, 3.63) is 23.3 Å². The highest BCUT2D eigenvalue weighted by atomic mass is 16.5. The van der Waals surface area contributed by atoms with Gasteiger partial charge in [-0.2, -0.15) is 0 Å². The van der Waals surface area contributed by atoms with Crippen LogP contribution in [0.1, 0.15) is 47.5 Å². The van der Waals surface area contributed by atoms with Gasteiger partial charge < -0.3 is 4.74 Å². The minimum absolute atomic E-state index is 0.149. The number of Topliss-reactive ketones (excluding diaryl/α,β-unsaturated/α-hetero) is 1. The molecule has 0 atom stereocenters. The molecule has 102 valence electrons. The lowest BCUT2D eigenvalue weighted by Crippen LogP contribution is -2.38. The molecule has 0 radical (unpaired) electrons. The van der Waals surface area contributed by atoms with E-state index in [4.69, 9.17) is 4.74 Å². The predicted molar refractivity (Wildman–Crippen MR) is 73.2 cm³/mol. The second-order valence-corrected chi connectivity index (χ2v) is 5.10. The molecule has 0 heterocycles. The molecule has 0 bridgehead atoms. The van der Waals surface area contributed by atoms with Crippen LogP contribution in [-0.2, 0) is 14.3 Å². The molecule has 0 aromatic rings. The van der Waals surface area contributed by atoms with Crippen molar-refractivity contribution < 1.29 is 14.3 Å². The maximum atomic E-state index is 12.0. The Morgan fingerprint density at radius 2 is 1.33 bits per heavy atom. The topological polar surface area (TPSA) is 43.4 Å². The summed E-state index contributed by atoms with van der Waals surface area (Å²) in [7, 11) is 1.32. The molecule has 3 nitrogen and oxygen atoms in total. The Labute approximate surface area is 110 Å². The zero-order chi connectivity index (χ0) is 14.3. The summed E-state index contributed by atoms with van der Waals surface area (Å²) >= 11 is 0. The van der Waals surface area contributed by atoms with Crippen LogP contribution in [0.15, 0.2) is 23.3 Å². The fourth-order valence-corrected chi connectivity index (χ4v) is 1.63. The van der Waals surface area contributed by atoms with E-state index < -0.39 is 11.4 Å². The van der Waals surface area contributed by atoms with E-state index in [1.807, 2.05) is 39.8 Å². The summed E-state index contributed by atoms with van der Waals surface area (Å²) in [5, 5.41) is 0. The summed E-state index contributed by atoms with van der Waals surface area (Å²) in [5.41, 5.74) is 1.09. The van der Waals surface area contributed by atoms with E-state index in [1.165, 1.54) is 14.0 Å². The van der Waals surface area contributed by atoms with Gasteiger partial charge in [0.15, 0.2) is 0 Å². The molecular weight excluding hydrogens is 228 g/mol. The van der Waals surface area contributed by atoms with Crippen molar-refractivity contribution in [2.75, 3.05) is 7.11 Å². The Morgan fingerprint density at radius 1 is 0.944 bits per heavy atom. The molecule has 18 heavy (non-hydrogen) atoms. The molecule has 0 unspecified atom stereocenters. The largest absolute Gasteiger partial charge is 0.468 e. The Morgan fingerprint density at radius 3 is 1.56 bits per heavy atom. The molecule has 3 heteroatoms. The molecule has 0 rings (SSSR count). The standard InChI is InChI=1S/C15H24O3/c1-11(2)7-9-15(13(5)16,14(17)18-6)10-8-12(3)4/h7-8H,9-10H2,1-6H3. The summed E-state index contributed by atoms with van der Waals surface area (Å²) in [4.78, 5) is 23.9. The number of hydrogen-bond donors (Lipinski definition) is 0. The summed E-state index contributed by atoms with van der Waals surface area (Å²) in [6.45, 7) is 9.24. The highest BCUT2D eigenvalue weighted by molar-refractivity contribution is 6.03. The molecule has 0 aliphatic carbocycles. The van der Waals surface area contributed by atoms with E-state index in [0.29, 0.717) is 12.8 Å². The third-order valence-corrected chi connectivity index (χ3v) is 2.97. The SMILES string of the molecule is COC(=O)C(CC=C(C)C)(CC=C(C)C)C(C)=O. The Bertz CT molecular complexity index is 347. The van der Waals surface area contributed by atoms with Gasteiger partial charge in [-0.05, 0) is 47.5 Å². The summed E-state index contributed by atoms with van der Waals surface area (Å²) < 4.78 is 4.82. The second kappa shape index (κ2) is 7.14. The first kappa shape index (κ1) is 16.6. The van der Waals surface area contributed by atoms with Crippen LogP contribution in [0.25, 0.3) is 0 Å². The van der Waals surface area contributed by atoms with Crippen LogP contribution >= 0.6 is 0 Å². The normalized spacial score (nSPS) is 10.6.